The third-order valence-electron chi connectivity index (χ3n) is 5.68. The Morgan fingerprint density at radius 1 is 1.12 bits per heavy atom. The van der Waals surface area contributed by atoms with Crippen molar-refractivity contribution in [2.24, 2.45) is 5.92 Å². The number of hydrogen-bond donors (Lipinski definition) is 1. The van der Waals surface area contributed by atoms with Crippen LogP contribution in [-0.2, 0) is 11.2 Å². The van der Waals surface area contributed by atoms with E-state index >= 15 is 0 Å². The Hall–Kier alpha value is -1.39. The largest absolute Gasteiger partial charge is 0.387 e. The lowest BCUT2D eigenvalue weighted by Crippen LogP contribution is -2.36. The number of amides is 1. The zero-order chi connectivity index (χ0) is 16.5. The molecule has 130 valence electrons. The molecule has 2 aliphatic heterocycles. The van der Waals surface area contributed by atoms with Crippen molar-refractivity contribution < 1.29 is 9.90 Å². The first-order valence-electron chi connectivity index (χ1n) is 9.57. The molecule has 0 radical (unpaired) electrons. The maximum Gasteiger partial charge on any atom is 0.230 e. The van der Waals surface area contributed by atoms with Crippen molar-refractivity contribution in [3.8, 4) is 0 Å². The highest BCUT2D eigenvalue weighted by Crippen LogP contribution is 2.36. The van der Waals surface area contributed by atoms with Gasteiger partial charge in [0.15, 0.2) is 0 Å². The molecule has 1 aliphatic carbocycles. The fourth-order valence-corrected chi connectivity index (χ4v) is 4.10. The number of likely N-dealkylation sites (tertiary alicyclic amines) is 1. The monoisotopic (exact) mass is 328 g/mol. The van der Waals surface area contributed by atoms with Crippen LogP contribution >= 0.6 is 0 Å². The number of rotatable bonds is 4. The van der Waals surface area contributed by atoms with E-state index in [1.807, 2.05) is 11.0 Å². The average Bonchev–Trinajstić information content (AvgIpc) is 3.46. The van der Waals surface area contributed by atoms with Gasteiger partial charge in [-0.3, -0.25) is 4.79 Å². The number of carbonyl (C=O) groups is 1. The lowest BCUT2D eigenvalue weighted by atomic mass is 9.96. The van der Waals surface area contributed by atoms with E-state index in [1.165, 1.54) is 24.8 Å². The van der Waals surface area contributed by atoms with Gasteiger partial charge in [0.05, 0.1) is 6.10 Å². The van der Waals surface area contributed by atoms with Crippen LogP contribution in [0, 0.1) is 5.92 Å². The Labute approximate surface area is 144 Å². The van der Waals surface area contributed by atoms with Crippen LogP contribution in [0.15, 0.2) is 18.2 Å². The van der Waals surface area contributed by atoms with Crippen molar-refractivity contribution in [2.45, 2.75) is 51.0 Å². The summed E-state index contributed by atoms with van der Waals surface area (Å²) in [6, 6.07) is 6.21. The molecule has 24 heavy (non-hydrogen) atoms. The van der Waals surface area contributed by atoms with Crippen LogP contribution in [-0.4, -0.2) is 42.1 Å². The van der Waals surface area contributed by atoms with Crippen molar-refractivity contribution in [3.63, 3.8) is 0 Å². The molecule has 0 unspecified atom stereocenters. The number of fused-ring (bicyclic) bond motifs is 1. The molecule has 0 aromatic heterocycles. The van der Waals surface area contributed by atoms with Crippen LogP contribution in [0.3, 0.4) is 0 Å². The molecule has 2 fully saturated rings. The molecule has 4 heteroatoms. The molecular weight excluding hydrogens is 300 g/mol. The number of hydrogen-bond acceptors (Lipinski definition) is 3. The van der Waals surface area contributed by atoms with E-state index in [0.29, 0.717) is 5.91 Å². The van der Waals surface area contributed by atoms with Crippen molar-refractivity contribution in [2.75, 3.05) is 31.1 Å². The lowest BCUT2D eigenvalue weighted by Gasteiger charge is -2.31. The first kappa shape index (κ1) is 16.1. The molecule has 0 bridgehead atoms. The maximum absolute atomic E-state index is 12.5. The van der Waals surface area contributed by atoms with Gasteiger partial charge in [-0.2, -0.15) is 0 Å². The summed E-state index contributed by atoms with van der Waals surface area (Å²) in [6.07, 6.45) is 7.52. The number of benzene rings is 1. The van der Waals surface area contributed by atoms with Gasteiger partial charge >= 0.3 is 0 Å². The minimum Gasteiger partial charge on any atom is -0.387 e. The number of aryl methyl sites for hydroxylation is 1. The molecule has 1 aromatic carbocycles. The summed E-state index contributed by atoms with van der Waals surface area (Å²) in [5.74, 6) is 0.567. The van der Waals surface area contributed by atoms with Crippen LogP contribution < -0.4 is 4.90 Å². The van der Waals surface area contributed by atoms with Gasteiger partial charge in [0.1, 0.15) is 0 Å². The molecule has 1 saturated heterocycles. The lowest BCUT2D eigenvalue weighted by molar-refractivity contribution is -0.119. The molecule has 1 N–H and O–H groups in total. The number of aliphatic hydroxyl groups excluding tert-OH is 1. The summed E-state index contributed by atoms with van der Waals surface area (Å²) < 4.78 is 0. The van der Waals surface area contributed by atoms with Gasteiger partial charge in [0, 0.05) is 24.7 Å². The number of piperidine rings is 1. The Bertz CT molecular complexity index is 606. The fraction of sp³-hybridized carbons (Fsp3) is 0.650. The van der Waals surface area contributed by atoms with Crippen molar-refractivity contribution in [1.82, 2.24) is 4.90 Å². The SMILES string of the molecule is O=C(C1CC1)N1CCCc2cc([C@@H](O)CN3CCCCC3)ccc21. The minimum absolute atomic E-state index is 0.264. The molecule has 1 atom stereocenters. The van der Waals surface area contributed by atoms with Gasteiger partial charge < -0.3 is 14.9 Å². The van der Waals surface area contributed by atoms with E-state index in [0.717, 1.165) is 63.1 Å². The molecule has 3 aliphatic rings. The van der Waals surface area contributed by atoms with Gasteiger partial charge in [-0.25, -0.2) is 0 Å². The second-order valence-corrected chi connectivity index (χ2v) is 7.63. The molecule has 2 heterocycles. The van der Waals surface area contributed by atoms with Gasteiger partial charge in [0.2, 0.25) is 5.91 Å². The van der Waals surface area contributed by atoms with Gasteiger partial charge in [0.25, 0.3) is 0 Å². The number of β-amino-alcohol motifs (C(OH)–C–C–N with tert-alkyl or cyclic N) is 1. The molecule has 1 amide bonds. The molecular formula is C20H28N2O2. The van der Waals surface area contributed by atoms with Crippen molar-refractivity contribution >= 4 is 11.6 Å². The third kappa shape index (κ3) is 3.35. The van der Waals surface area contributed by atoms with E-state index in [-0.39, 0.29) is 5.92 Å². The molecule has 1 aromatic rings. The first-order chi connectivity index (χ1) is 11.7. The Balaban J connectivity index is 1.48. The van der Waals surface area contributed by atoms with E-state index in [4.69, 9.17) is 0 Å². The van der Waals surface area contributed by atoms with Crippen LogP contribution in [0.25, 0.3) is 0 Å². The molecule has 4 rings (SSSR count). The van der Waals surface area contributed by atoms with Crippen molar-refractivity contribution in [3.05, 3.63) is 29.3 Å². The highest BCUT2D eigenvalue weighted by molar-refractivity contribution is 5.97. The number of aliphatic hydroxyl groups is 1. The quantitative estimate of drug-likeness (QED) is 0.924. The summed E-state index contributed by atoms with van der Waals surface area (Å²) in [4.78, 5) is 16.8. The van der Waals surface area contributed by atoms with Crippen LogP contribution in [0.4, 0.5) is 5.69 Å². The van der Waals surface area contributed by atoms with Crippen LogP contribution in [0.5, 0.6) is 0 Å². The second kappa shape index (κ2) is 6.85. The first-order valence-corrected chi connectivity index (χ1v) is 9.57. The van der Waals surface area contributed by atoms with Crippen LogP contribution in [0.2, 0.25) is 0 Å². The van der Waals surface area contributed by atoms with E-state index in [9.17, 15) is 9.90 Å². The normalized spacial score (nSPS) is 23.0. The summed E-state index contributed by atoms with van der Waals surface area (Å²) in [7, 11) is 0. The highest BCUT2D eigenvalue weighted by Gasteiger charge is 2.35. The second-order valence-electron chi connectivity index (χ2n) is 7.63. The number of carbonyl (C=O) groups excluding carboxylic acids is 1. The summed E-state index contributed by atoms with van der Waals surface area (Å²) in [5.41, 5.74) is 3.30. The average molecular weight is 328 g/mol. The Kier molecular flexibility index (Phi) is 4.59. The van der Waals surface area contributed by atoms with Crippen molar-refractivity contribution in [1.29, 1.82) is 0 Å². The Morgan fingerprint density at radius 3 is 2.67 bits per heavy atom. The number of anilines is 1. The smallest absolute Gasteiger partial charge is 0.230 e. The van der Waals surface area contributed by atoms with Gasteiger partial charge in [-0.05, 0) is 68.8 Å². The van der Waals surface area contributed by atoms with E-state index < -0.39 is 6.10 Å². The predicted molar refractivity (Wildman–Crippen MR) is 95.1 cm³/mol. The van der Waals surface area contributed by atoms with Gasteiger partial charge in [-0.1, -0.05) is 18.6 Å². The summed E-state index contributed by atoms with van der Waals surface area (Å²) >= 11 is 0. The topological polar surface area (TPSA) is 43.8 Å². The van der Waals surface area contributed by atoms with E-state index in [1.54, 1.807) is 0 Å². The standard InChI is InChI=1S/C20H28N2O2/c23-19(14-21-10-2-1-3-11-21)17-8-9-18-16(13-17)5-4-12-22(18)20(24)15-6-7-15/h8-9,13,15,19,23H,1-7,10-12,14H2/t19-/m0/s1. The minimum atomic E-state index is -0.428. The molecule has 1 saturated carbocycles. The molecule has 0 spiro atoms. The third-order valence-corrected chi connectivity index (χ3v) is 5.68. The van der Waals surface area contributed by atoms with Gasteiger partial charge in [-0.15, -0.1) is 0 Å². The molecule has 4 nitrogen and oxygen atoms in total. The van der Waals surface area contributed by atoms with Crippen LogP contribution in [0.1, 0.15) is 55.8 Å². The summed E-state index contributed by atoms with van der Waals surface area (Å²) in [5, 5.41) is 10.6. The fourth-order valence-electron chi connectivity index (χ4n) is 4.10. The Morgan fingerprint density at radius 2 is 1.92 bits per heavy atom. The maximum atomic E-state index is 12.5. The summed E-state index contributed by atoms with van der Waals surface area (Å²) in [6.45, 7) is 3.78. The predicted octanol–water partition coefficient (Wildman–Crippen LogP) is 2.90. The highest BCUT2D eigenvalue weighted by atomic mass is 16.3. The number of nitrogens with zero attached hydrogens (tertiary/aromatic N) is 2. The van der Waals surface area contributed by atoms with E-state index in [2.05, 4.69) is 17.0 Å². The zero-order valence-electron chi connectivity index (χ0n) is 14.4. The zero-order valence-corrected chi connectivity index (χ0v) is 14.4.